The quantitative estimate of drug-likeness (QED) is 0.245. The Bertz CT molecular complexity index is 1740. The molecule has 0 aliphatic heterocycles. The van der Waals surface area contributed by atoms with E-state index in [1.54, 1.807) is 11.8 Å². The van der Waals surface area contributed by atoms with Gasteiger partial charge in [0.25, 0.3) is 0 Å². The van der Waals surface area contributed by atoms with Crippen molar-refractivity contribution in [1.82, 2.24) is 0 Å². The number of fused-ring (bicyclic) bond motifs is 1. The zero-order valence-electron chi connectivity index (χ0n) is 24.5. The zero-order chi connectivity index (χ0) is 30.0. The molecule has 2 unspecified atom stereocenters. The van der Waals surface area contributed by atoms with E-state index in [2.05, 4.69) is 144 Å². The molecule has 3 aromatic carbocycles. The average molecular weight is 695 g/mol. The largest absolute Gasteiger partial charge is 0.107 e. The van der Waals surface area contributed by atoms with Gasteiger partial charge >= 0.3 is 0 Å². The van der Waals surface area contributed by atoms with Crippen LogP contribution in [-0.2, 0) is 10.8 Å². The van der Waals surface area contributed by atoms with Crippen LogP contribution in [0.15, 0.2) is 122 Å². The molecule has 0 radical (unpaired) electrons. The Balaban J connectivity index is 1.67. The fraction of sp³-hybridized carbons (Fsp3) is 0.231. The molecule has 0 fully saturated rings. The summed E-state index contributed by atoms with van der Waals surface area (Å²) in [6.07, 6.45) is 6.49. The molecular formula is C39H34Br2S. The van der Waals surface area contributed by atoms with Crippen LogP contribution in [0.4, 0.5) is 0 Å². The van der Waals surface area contributed by atoms with Gasteiger partial charge in [0.2, 0.25) is 0 Å². The van der Waals surface area contributed by atoms with E-state index in [0.717, 1.165) is 44.1 Å². The maximum atomic E-state index is 4.09. The van der Waals surface area contributed by atoms with Gasteiger partial charge in [-0.3, -0.25) is 0 Å². The van der Waals surface area contributed by atoms with E-state index in [9.17, 15) is 0 Å². The van der Waals surface area contributed by atoms with Crippen molar-refractivity contribution in [1.29, 1.82) is 0 Å². The van der Waals surface area contributed by atoms with Gasteiger partial charge in [0.05, 0.1) is 0 Å². The molecule has 0 heterocycles. The van der Waals surface area contributed by atoms with Crippen LogP contribution in [-0.4, -0.2) is 0 Å². The van der Waals surface area contributed by atoms with Crippen LogP contribution < -0.4 is 0 Å². The smallest absolute Gasteiger partial charge is 0.0394 e. The minimum Gasteiger partial charge on any atom is -0.107 e. The van der Waals surface area contributed by atoms with E-state index >= 15 is 0 Å². The van der Waals surface area contributed by atoms with Gasteiger partial charge in [0, 0.05) is 42.0 Å². The average Bonchev–Trinajstić information content (AvgIpc) is 3.20. The zero-order valence-corrected chi connectivity index (χ0v) is 28.5. The molecule has 3 aromatic rings. The van der Waals surface area contributed by atoms with Crippen LogP contribution in [0.25, 0.3) is 0 Å². The maximum Gasteiger partial charge on any atom is 0.0394 e. The summed E-state index contributed by atoms with van der Waals surface area (Å²) < 4.78 is 2.20. The Kier molecular flexibility index (Phi) is 8.97. The molecular weight excluding hydrogens is 660 g/mol. The first-order valence-corrected chi connectivity index (χ1v) is 16.6. The van der Waals surface area contributed by atoms with Gasteiger partial charge in [0.15, 0.2) is 0 Å². The van der Waals surface area contributed by atoms with Crippen molar-refractivity contribution in [2.75, 3.05) is 0 Å². The van der Waals surface area contributed by atoms with Crippen molar-refractivity contribution in [2.24, 2.45) is 5.41 Å². The first-order valence-electron chi connectivity index (χ1n) is 14.1. The van der Waals surface area contributed by atoms with Crippen LogP contribution in [0.5, 0.6) is 0 Å². The Morgan fingerprint density at radius 2 is 1.43 bits per heavy atom. The summed E-state index contributed by atoms with van der Waals surface area (Å²) in [5, 5.41) is 4.01. The van der Waals surface area contributed by atoms with Gasteiger partial charge in [-0.1, -0.05) is 113 Å². The minimum absolute atomic E-state index is 0.000244. The van der Waals surface area contributed by atoms with E-state index in [0.29, 0.717) is 0 Å². The Hall–Kier alpha value is -2.95. The summed E-state index contributed by atoms with van der Waals surface area (Å²) in [6, 6.07) is 24.8. The summed E-state index contributed by atoms with van der Waals surface area (Å²) in [5.74, 6) is 13.7. The third-order valence-corrected chi connectivity index (χ3v) is 10.5. The van der Waals surface area contributed by atoms with E-state index in [4.69, 9.17) is 0 Å². The third kappa shape index (κ3) is 6.21. The second kappa shape index (κ2) is 12.3. The standard InChI is InChI=1S/C39H34Br2S/c1-6-42-24-23-38(4)25-31(20-18-29-15-11-8-12-16-29)35(40)33(26-38)39(5)27-37(2,3)32-22-21-30(36(41)34(32)39)19-17-28-13-9-7-10-14-28/h6-16,21-25H,1,26-27H2,2-5H3. The van der Waals surface area contributed by atoms with Crippen LogP contribution in [0.2, 0.25) is 0 Å². The highest BCUT2D eigenvalue weighted by Gasteiger charge is 2.50. The van der Waals surface area contributed by atoms with Gasteiger partial charge in [-0.05, 0) is 108 Å². The Labute approximate surface area is 272 Å². The Morgan fingerprint density at radius 1 is 0.810 bits per heavy atom. The molecule has 5 rings (SSSR count). The van der Waals surface area contributed by atoms with E-state index in [1.165, 1.54) is 16.7 Å². The number of rotatable bonds is 4. The van der Waals surface area contributed by atoms with Crippen molar-refractivity contribution in [3.8, 4) is 23.7 Å². The molecule has 0 spiro atoms. The van der Waals surface area contributed by atoms with Gasteiger partial charge in [0.1, 0.15) is 0 Å². The number of thioether (sulfide) groups is 1. The lowest BCUT2D eigenvalue weighted by molar-refractivity contribution is 0.387. The van der Waals surface area contributed by atoms with Crippen molar-refractivity contribution in [3.05, 3.63) is 150 Å². The molecule has 2 aliphatic rings. The second-order valence-electron chi connectivity index (χ2n) is 12.1. The fourth-order valence-electron chi connectivity index (χ4n) is 6.37. The van der Waals surface area contributed by atoms with Crippen molar-refractivity contribution >= 4 is 43.6 Å². The lowest BCUT2D eigenvalue weighted by atomic mass is 9.66. The summed E-state index contributed by atoms with van der Waals surface area (Å²) in [4.78, 5) is 0. The summed E-state index contributed by atoms with van der Waals surface area (Å²) in [5.41, 5.74) is 7.72. The van der Waals surface area contributed by atoms with Gasteiger partial charge in [-0.2, -0.15) is 0 Å². The van der Waals surface area contributed by atoms with Gasteiger partial charge in [-0.25, -0.2) is 0 Å². The molecule has 0 bridgehead atoms. The number of allylic oxidation sites excluding steroid dienone is 5. The van der Waals surface area contributed by atoms with Crippen molar-refractivity contribution < 1.29 is 0 Å². The predicted octanol–water partition coefficient (Wildman–Crippen LogP) is 11.2. The first-order chi connectivity index (χ1) is 20.1. The minimum atomic E-state index is -0.227. The van der Waals surface area contributed by atoms with E-state index in [1.807, 2.05) is 41.8 Å². The molecule has 0 N–H and O–H groups in total. The van der Waals surface area contributed by atoms with Gasteiger partial charge < -0.3 is 0 Å². The fourth-order valence-corrected chi connectivity index (χ4v) is 8.55. The van der Waals surface area contributed by atoms with Crippen LogP contribution in [0, 0.1) is 29.1 Å². The highest BCUT2D eigenvalue weighted by atomic mass is 79.9. The van der Waals surface area contributed by atoms with Crippen molar-refractivity contribution in [2.45, 2.75) is 51.4 Å². The molecule has 42 heavy (non-hydrogen) atoms. The van der Waals surface area contributed by atoms with E-state index in [-0.39, 0.29) is 16.2 Å². The Morgan fingerprint density at radius 3 is 2.05 bits per heavy atom. The molecule has 0 saturated carbocycles. The molecule has 0 saturated heterocycles. The summed E-state index contributed by atoms with van der Waals surface area (Å²) in [7, 11) is 0. The lowest BCUT2D eigenvalue weighted by Gasteiger charge is -2.39. The molecule has 2 atom stereocenters. The molecule has 0 amide bonds. The second-order valence-corrected chi connectivity index (χ2v) is 14.6. The number of halogens is 2. The monoisotopic (exact) mass is 692 g/mol. The molecule has 2 aliphatic carbocycles. The van der Waals surface area contributed by atoms with E-state index < -0.39 is 0 Å². The van der Waals surface area contributed by atoms with Crippen LogP contribution >= 0.6 is 43.6 Å². The maximum absolute atomic E-state index is 4.09. The van der Waals surface area contributed by atoms with Crippen LogP contribution in [0.3, 0.4) is 0 Å². The number of hydrogen-bond acceptors (Lipinski definition) is 1. The normalized spacial score (nSPS) is 22.5. The van der Waals surface area contributed by atoms with Crippen LogP contribution in [0.1, 0.15) is 68.4 Å². The SMILES string of the molecule is C=CSC=CC1(C)C=C(C#Cc2ccccc2)C(Br)=C(C2(C)CC(C)(C)c3ccc(C#Cc4ccccc4)c(Br)c32)C1. The number of benzene rings is 3. The number of hydrogen-bond donors (Lipinski definition) is 0. The summed E-state index contributed by atoms with van der Waals surface area (Å²) >= 11 is 9.76. The highest BCUT2D eigenvalue weighted by Crippen LogP contribution is 2.60. The highest BCUT2D eigenvalue weighted by molar-refractivity contribution is 9.12. The molecule has 0 aromatic heterocycles. The van der Waals surface area contributed by atoms with Crippen molar-refractivity contribution in [3.63, 3.8) is 0 Å². The topological polar surface area (TPSA) is 0 Å². The molecule has 3 heteroatoms. The molecule has 210 valence electrons. The first kappa shape index (κ1) is 30.5. The summed E-state index contributed by atoms with van der Waals surface area (Å²) in [6.45, 7) is 13.3. The lowest BCUT2D eigenvalue weighted by Crippen LogP contribution is -2.31. The molecule has 0 nitrogen and oxygen atoms in total. The third-order valence-electron chi connectivity index (χ3n) is 8.27. The predicted molar refractivity (Wildman–Crippen MR) is 189 cm³/mol. The van der Waals surface area contributed by atoms with Gasteiger partial charge in [-0.15, -0.1) is 11.8 Å².